The quantitative estimate of drug-likeness (QED) is 0.592. The number of aromatic nitrogens is 4. The van der Waals surface area contributed by atoms with Crippen LogP contribution in [-0.2, 0) is 4.79 Å². The van der Waals surface area contributed by atoms with Crippen LogP contribution in [0.1, 0.15) is 41.9 Å². The summed E-state index contributed by atoms with van der Waals surface area (Å²) in [6.07, 6.45) is 8.38. The van der Waals surface area contributed by atoms with Gasteiger partial charge < -0.3 is 16.0 Å². The predicted molar refractivity (Wildman–Crippen MR) is 108 cm³/mol. The minimum absolute atomic E-state index is 0.184. The van der Waals surface area contributed by atoms with E-state index in [0.29, 0.717) is 28.8 Å². The SMILES string of the molecule is CC(=O)Nc1cccc(NC(=O)c2nc(C3CC3)cnc2Nc2cncnc2)c1. The van der Waals surface area contributed by atoms with Gasteiger partial charge in [0.15, 0.2) is 11.5 Å². The molecular formula is C20H19N7O2. The molecule has 4 rings (SSSR count). The van der Waals surface area contributed by atoms with E-state index in [1.54, 1.807) is 42.9 Å². The number of hydrogen-bond acceptors (Lipinski definition) is 7. The lowest BCUT2D eigenvalue weighted by atomic mass is 10.2. The molecule has 2 amide bonds. The molecule has 9 heteroatoms. The van der Waals surface area contributed by atoms with Gasteiger partial charge in [-0.25, -0.2) is 19.9 Å². The number of anilines is 4. The van der Waals surface area contributed by atoms with Gasteiger partial charge in [-0.05, 0) is 31.0 Å². The van der Waals surface area contributed by atoms with Crippen LogP contribution in [0.5, 0.6) is 0 Å². The van der Waals surface area contributed by atoms with E-state index in [9.17, 15) is 9.59 Å². The van der Waals surface area contributed by atoms with Gasteiger partial charge >= 0.3 is 0 Å². The Morgan fingerprint density at radius 2 is 1.72 bits per heavy atom. The van der Waals surface area contributed by atoms with Crippen molar-refractivity contribution in [2.45, 2.75) is 25.7 Å². The first-order valence-corrected chi connectivity index (χ1v) is 9.16. The fourth-order valence-corrected chi connectivity index (χ4v) is 2.80. The zero-order valence-electron chi connectivity index (χ0n) is 15.7. The van der Waals surface area contributed by atoms with E-state index in [-0.39, 0.29) is 11.6 Å². The van der Waals surface area contributed by atoms with Crippen LogP contribution in [0.25, 0.3) is 0 Å². The van der Waals surface area contributed by atoms with Crippen LogP contribution in [0, 0.1) is 0 Å². The molecule has 3 aromatic rings. The van der Waals surface area contributed by atoms with Crippen molar-refractivity contribution in [2.75, 3.05) is 16.0 Å². The summed E-state index contributed by atoms with van der Waals surface area (Å²) in [5.74, 6) is 0.0818. The Balaban J connectivity index is 1.60. The van der Waals surface area contributed by atoms with Crippen LogP contribution in [0.4, 0.5) is 22.9 Å². The number of nitrogens with one attached hydrogen (secondary N) is 3. The molecule has 1 fully saturated rings. The van der Waals surface area contributed by atoms with Crippen molar-refractivity contribution in [2.24, 2.45) is 0 Å². The van der Waals surface area contributed by atoms with Crippen LogP contribution in [0.2, 0.25) is 0 Å². The highest BCUT2D eigenvalue weighted by Gasteiger charge is 2.27. The van der Waals surface area contributed by atoms with Crippen LogP contribution in [-0.4, -0.2) is 31.8 Å². The Morgan fingerprint density at radius 3 is 2.41 bits per heavy atom. The van der Waals surface area contributed by atoms with E-state index in [0.717, 1.165) is 18.5 Å². The summed E-state index contributed by atoms with van der Waals surface area (Å²) in [6, 6.07) is 6.90. The maximum atomic E-state index is 13.0. The minimum Gasteiger partial charge on any atom is -0.336 e. The standard InChI is InChI=1S/C20H19N7O2/c1-12(28)24-14-3-2-4-15(7-14)26-20(29)18-19(25-16-8-21-11-22-9-16)23-10-17(27-18)13-5-6-13/h2-4,7-11,13H,5-6H2,1H3,(H,23,25)(H,24,28)(H,26,29). The van der Waals surface area contributed by atoms with Crippen molar-refractivity contribution in [3.8, 4) is 0 Å². The summed E-state index contributed by atoms with van der Waals surface area (Å²) >= 11 is 0. The molecule has 2 aromatic heterocycles. The first-order valence-electron chi connectivity index (χ1n) is 9.16. The molecule has 146 valence electrons. The maximum Gasteiger partial charge on any atom is 0.278 e. The van der Waals surface area contributed by atoms with E-state index < -0.39 is 5.91 Å². The first-order chi connectivity index (χ1) is 14.1. The van der Waals surface area contributed by atoms with E-state index in [1.165, 1.54) is 13.3 Å². The number of nitrogens with zero attached hydrogens (tertiary/aromatic N) is 4. The molecule has 2 heterocycles. The summed E-state index contributed by atoms with van der Waals surface area (Å²) < 4.78 is 0. The molecule has 3 N–H and O–H groups in total. The molecule has 0 bridgehead atoms. The van der Waals surface area contributed by atoms with E-state index in [4.69, 9.17) is 0 Å². The van der Waals surface area contributed by atoms with Crippen molar-refractivity contribution in [1.29, 1.82) is 0 Å². The Hall–Kier alpha value is -3.88. The summed E-state index contributed by atoms with van der Waals surface area (Å²) in [6.45, 7) is 1.43. The third-order valence-corrected chi connectivity index (χ3v) is 4.27. The van der Waals surface area contributed by atoms with Gasteiger partial charge in [0.2, 0.25) is 5.91 Å². The first kappa shape index (κ1) is 18.5. The number of carbonyl (C=O) groups is 2. The van der Waals surface area contributed by atoms with Gasteiger partial charge in [0, 0.05) is 24.2 Å². The zero-order valence-corrected chi connectivity index (χ0v) is 15.7. The van der Waals surface area contributed by atoms with E-state index in [2.05, 4.69) is 35.9 Å². The lowest BCUT2D eigenvalue weighted by Crippen LogP contribution is -2.18. The number of amides is 2. The van der Waals surface area contributed by atoms with Crippen molar-refractivity contribution in [1.82, 2.24) is 19.9 Å². The van der Waals surface area contributed by atoms with Gasteiger partial charge in [0.1, 0.15) is 6.33 Å². The third-order valence-electron chi connectivity index (χ3n) is 4.27. The minimum atomic E-state index is -0.403. The highest BCUT2D eigenvalue weighted by atomic mass is 16.2. The summed E-state index contributed by atoms with van der Waals surface area (Å²) in [5.41, 5.74) is 2.71. The molecule has 0 aliphatic heterocycles. The molecular weight excluding hydrogens is 370 g/mol. The zero-order chi connectivity index (χ0) is 20.2. The number of hydrogen-bond donors (Lipinski definition) is 3. The van der Waals surface area contributed by atoms with Crippen LogP contribution >= 0.6 is 0 Å². The normalized spacial score (nSPS) is 12.9. The Labute approximate surface area is 167 Å². The Kier molecular flexibility index (Phi) is 5.10. The van der Waals surface area contributed by atoms with Crippen LogP contribution < -0.4 is 16.0 Å². The number of carbonyl (C=O) groups excluding carboxylic acids is 2. The molecule has 9 nitrogen and oxygen atoms in total. The molecule has 0 unspecified atom stereocenters. The average molecular weight is 389 g/mol. The average Bonchev–Trinajstić information content (AvgIpc) is 3.54. The lowest BCUT2D eigenvalue weighted by molar-refractivity contribution is -0.114. The van der Waals surface area contributed by atoms with Gasteiger partial charge in [-0.3, -0.25) is 9.59 Å². The highest BCUT2D eigenvalue weighted by Crippen LogP contribution is 2.39. The second-order valence-corrected chi connectivity index (χ2v) is 6.73. The fraction of sp³-hybridized carbons (Fsp3) is 0.200. The van der Waals surface area contributed by atoms with Gasteiger partial charge in [-0.1, -0.05) is 6.07 Å². The maximum absolute atomic E-state index is 13.0. The second kappa shape index (κ2) is 8.01. The van der Waals surface area contributed by atoms with Gasteiger partial charge in [0.25, 0.3) is 5.91 Å². The molecule has 1 aliphatic carbocycles. The Morgan fingerprint density at radius 1 is 1.00 bits per heavy atom. The van der Waals surface area contributed by atoms with Crippen LogP contribution in [0.3, 0.4) is 0 Å². The molecule has 1 aliphatic rings. The van der Waals surface area contributed by atoms with Crippen LogP contribution in [0.15, 0.2) is 49.2 Å². The summed E-state index contributed by atoms with van der Waals surface area (Å²) in [4.78, 5) is 41.1. The van der Waals surface area contributed by atoms with Gasteiger partial charge in [-0.2, -0.15) is 0 Å². The molecule has 1 aromatic carbocycles. The fourth-order valence-electron chi connectivity index (χ4n) is 2.80. The third kappa shape index (κ3) is 4.70. The highest BCUT2D eigenvalue weighted by molar-refractivity contribution is 6.06. The topological polar surface area (TPSA) is 122 Å². The number of benzene rings is 1. The summed E-state index contributed by atoms with van der Waals surface area (Å²) in [5, 5.41) is 8.56. The van der Waals surface area contributed by atoms with Crippen molar-refractivity contribution < 1.29 is 9.59 Å². The van der Waals surface area contributed by atoms with Gasteiger partial charge in [-0.15, -0.1) is 0 Å². The molecule has 0 spiro atoms. The Bertz CT molecular complexity index is 1050. The predicted octanol–water partition coefficient (Wildman–Crippen LogP) is 3.10. The molecule has 29 heavy (non-hydrogen) atoms. The molecule has 0 saturated heterocycles. The molecule has 1 saturated carbocycles. The van der Waals surface area contributed by atoms with Crippen molar-refractivity contribution in [3.05, 3.63) is 60.6 Å². The van der Waals surface area contributed by atoms with E-state index in [1.807, 2.05) is 0 Å². The lowest BCUT2D eigenvalue weighted by Gasteiger charge is -2.12. The van der Waals surface area contributed by atoms with Gasteiger partial charge in [0.05, 0.1) is 30.0 Å². The van der Waals surface area contributed by atoms with Crippen molar-refractivity contribution >= 4 is 34.7 Å². The summed E-state index contributed by atoms with van der Waals surface area (Å²) in [7, 11) is 0. The smallest absolute Gasteiger partial charge is 0.278 e. The monoisotopic (exact) mass is 389 g/mol. The van der Waals surface area contributed by atoms with Crippen molar-refractivity contribution in [3.63, 3.8) is 0 Å². The molecule has 0 atom stereocenters. The van der Waals surface area contributed by atoms with E-state index >= 15 is 0 Å². The number of rotatable bonds is 6. The largest absolute Gasteiger partial charge is 0.336 e. The second-order valence-electron chi connectivity index (χ2n) is 6.73. The molecule has 0 radical (unpaired) electrons.